The maximum atomic E-state index is 12.6. The largest absolute Gasteiger partial charge is 0.490 e. The lowest BCUT2D eigenvalue weighted by Crippen LogP contribution is -2.46. The summed E-state index contributed by atoms with van der Waals surface area (Å²) in [6, 6.07) is 0. The van der Waals surface area contributed by atoms with E-state index >= 15 is 0 Å². The van der Waals surface area contributed by atoms with Crippen LogP contribution in [0.1, 0.15) is 13.3 Å². The van der Waals surface area contributed by atoms with Crippen LogP contribution in [0.25, 0.3) is 0 Å². The molecule has 20 heavy (non-hydrogen) atoms. The van der Waals surface area contributed by atoms with Crippen LogP contribution in [0.15, 0.2) is 17.3 Å². The molecule has 2 rings (SSSR count). The fourth-order valence-corrected chi connectivity index (χ4v) is 3.76. The van der Waals surface area contributed by atoms with Crippen LogP contribution in [0, 0.1) is 0 Å². The molecule has 1 aromatic heterocycles. The van der Waals surface area contributed by atoms with Gasteiger partial charge in [0.05, 0.1) is 12.8 Å². The van der Waals surface area contributed by atoms with Crippen LogP contribution in [-0.4, -0.2) is 50.5 Å². The van der Waals surface area contributed by atoms with Gasteiger partial charge in [-0.15, -0.1) is 0 Å². The SMILES string of the molecule is CCCOc1c(Cl)cncc1S(=O)(=O)N1CCNCC1. The van der Waals surface area contributed by atoms with E-state index in [-0.39, 0.29) is 15.7 Å². The molecule has 1 aromatic rings. The van der Waals surface area contributed by atoms with E-state index < -0.39 is 10.0 Å². The quantitative estimate of drug-likeness (QED) is 0.880. The van der Waals surface area contributed by atoms with Crippen molar-refractivity contribution < 1.29 is 13.2 Å². The molecule has 0 aromatic carbocycles. The van der Waals surface area contributed by atoms with E-state index in [4.69, 9.17) is 16.3 Å². The monoisotopic (exact) mass is 319 g/mol. The van der Waals surface area contributed by atoms with Crippen molar-refractivity contribution in [1.29, 1.82) is 0 Å². The lowest BCUT2D eigenvalue weighted by molar-refractivity contribution is 0.305. The summed E-state index contributed by atoms with van der Waals surface area (Å²) in [6.45, 7) is 4.49. The molecule has 6 nitrogen and oxygen atoms in total. The van der Waals surface area contributed by atoms with Gasteiger partial charge in [0.2, 0.25) is 10.0 Å². The summed E-state index contributed by atoms with van der Waals surface area (Å²) in [7, 11) is -3.62. The van der Waals surface area contributed by atoms with Crippen molar-refractivity contribution in [2.24, 2.45) is 0 Å². The predicted octanol–water partition coefficient (Wildman–Crippen LogP) is 1.12. The van der Waals surface area contributed by atoms with Crippen LogP contribution in [0.5, 0.6) is 5.75 Å². The van der Waals surface area contributed by atoms with Gasteiger partial charge in [0.25, 0.3) is 0 Å². The number of ether oxygens (including phenoxy) is 1. The fraction of sp³-hybridized carbons (Fsp3) is 0.583. The summed E-state index contributed by atoms with van der Waals surface area (Å²) in [5.74, 6) is 0.196. The molecule has 1 saturated heterocycles. The minimum absolute atomic E-state index is 0.0420. The summed E-state index contributed by atoms with van der Waals surface area (Å²) in [6.07, 6.45) is 3.46. The number of aromatic nitrogens is 1. The Morgan fingerprint density at radius 1 is 1.40 bits per heavy atom. The number of piperazine rings is 1. The molecule has 1 aliphatic heterocycles. The number of pyridine rings is 1. The maximum absolute atomic E-state index is 12.6. The van der Waals surface area contributed by atoms with Crippen molar-refractivity contribution in [3.8, 4) is 5.75 Å². The first-order valence-electron chi connectivity index (χ1n) is 6.54. The van der Waals surface area contributed by atoms with Gasteiger partial charge in [0.15, 0.2) is 5.75 Å². The first-order chi connectivity index (χ1) is 9.57. The van der Waals surface area contributed by atoms with Crippen LogP contribution < -0.4 is 10.1 Å². The summed E-state index contributed by atoms with van der Waals surface area (Å²) in [5, 5.41) is 3.34. The molecule has 1 aliphatic rings. The first-order valence-corrected chi connectivity index (χ1v) is 8.36. The third-order valence-corrected chi connectivity index (χ3v) is 5.13. The highest BCUT2D eigenvalue weighted by Crippen LogP contribution is 2.33. The van der Waals surface area contributed by atoms with E-state index in [1.807, 2.05) is 6.92 Å². The molecule has 0 radical (unpaired) electrons. The Kier molecular flexibility index (Phi) is 5.20. The van der Waals surface area contributed by atoms with E-state index in [0.717, 1.165) is 6.42 Å². The molecule has 112 valence electrons. The standard InChI is InChI=1S/C12H18ClN3O3S/c1-2-7-19-12-10(13)8-15-9-11(12)20(17,18)16-5-3-14-4-6-16/h8-9,14H,2-7H2,1H3. The number of nitrogens with one attached hydrogen (secondary N) is 1. The highest BCUT2D eigenvalue weighted by Gasteiger charge is 2.30. The topological polar surface area (TPSA) is 71.5 Å². The molecule has 0 aliphatic carbocycles. The summed E-state index contributed by atoms with van der Waals surface area (Å²) >= 11 is 6.03. The van der Waals surface area contributed by atoms with Gasteiger partial charge in [0.1, 0.15) is 9.92 Å². The zero-order valence-electron chi connectivity index (χ0n) is 11.3. The molecule has 2 heterocycles. The Bertz CT molecular complexity index is 559. The number of nitrogens with zero attached hydrogens (tertiary/aromatic N) is 2. The Labute approximate surface area is 124 Å². The lowest BCUT2D eigenvalue weighted by atomic mass is 10.4. The van der Waals surface area contributed by atoms with Gasteiger partial charge in [-0.2, -0.15) is 4.31 Å². The Morgan fingerprint density at radius 3 is 2.75 bits per heavy atom. The maximum Gasteiger partial charge on any atom is 0.248 e. The van der Waals surface area contributed by atoms with Gasteiger partial charge in [0, 0.05) is 32.4 Å². The summed E-state index contributed by atoms with van der Waals surface area (Å²) in [4.78, 5) is 3.92. The second-order valence-electron chi connectivity index (χ2n) is 4.45. The number of hydrogen-bond acceptors (Lipinski definition) is 5. The summed E-state index contributed by atoms with van der Waals surface area (Å²) in [5.41, 5.74) is 0. The van der Waals surface area contributed by atoms with Crippen LogP contribution in [0.4, 0.5) is 0 Å². The Hall–Kier alpha value is -0.890. The van der Waals surface area contributed by atoms with Crippen molar-refractivity contribution in [2.45, 2.75) is 18.2 Å². The normalized spacial score (nSPS) is 17.1. The molecular formula is C12H18ClN3O3S. The third kappa shape index (κ3) is 3.22. The third-order valence-electron chi connectivity index (χ3n) is 2.96. The Morgan fingerprint density at radius 2 is 2.10 bits per heavy atom. The molecule has 1 N–H and O–H groups in total. The molecule has 8 heteroatoms. The number of halogens is 1. The molecular weight excluding hydrogens is 302 g/mol. The van der Waals surface area contributed by atoms with E-state index in [1.165, 1.54) is 16.7 Å². The molecule has 0 atom stereocenters. The smallest absolute Gasteiger partial charge is 0.248 e. The van der Waals surface area contributed by atoms with Crippen LogP contribution in [-0.2, 0) is 10.0 Å². The number of hydrogen-bond donors (Lipinski definition) is 1. The van der Waals surface area contributed by atoms with Crippen molar-refractivity contribution in [3.05, 3.63) is 17.4 Å². The Balaban J connectivity index is 2.37. The minimum Gasteiger partial charge on any atom is -0.490 e. The summed E-state index contributed by atoms with van der Waals surface area (Å²) < 4.78 is 32.2. The predicted molar refractivity (Wildman–Crippen MR) is 76.7 cm³/mol. The van der Waals surface area contributed by atoms with Crippen molar-refractivity contribution in [2.75, 3.05) is 32.8 Å². The second kappa shape index (κ2) is 6.71. The molecule has 0 bridgehead atoms. The first kappa shape index (κ1) is 15.5. The van der Waals surface area contributed by atoms with Crippen molar-refractivity contribution in [3.63, 3.8) is 0 Å². The van der Waals surface area contributed by atoms with Crippen LogP contribution in [0.2, 0.25) is 5.02 Å². The molecule has 0 amide bonds. The van der Waals surface area contributed by atoms with Gasteiger partial charge in [-0.05, 0) is 6.42 Å². The highest BCUT2D eigenvalue weighted by molar-refractivity contribution is 7.89. The molecule has 0 spiro atoms. The van der Waals surface area contributed by atoms with Crippen LogP contribution in [0.3, 0.4) is 0 Å². The number of rotatable bonds is 5. The van der Waals surface area contributed by atoms with Crippen molar-refractivity contribution >= 4 is 21.6 Å². The highest BCUT2D eigenvalue weighted by atomic mass is 35.5. The zero-order valence-corrected chi connectivity index (χ0v) is 12.9. The minimum atomic E-state index is -3.62. The van der Waals surface area contributed by atoms with Crippen molar-refractivity contribution in [1.82, 2.24) is 14.6 Å². The zero-order chi connectivity index (χ0) is 14.6. The van der Waals surface area contributed by atoms with Gasteiger partial charge >= 0.3 is 0 Å². The van der Waals surface area contributed by atoms with Gasteiger partial charge in [-0.25, -0.2) is 8.42 Å². The number of sulfonamides is 1. The van der Waals surface area contributed by atoms with Gasteiger partial charge < -0.3 is 10.1 Å². The van der Waals surface area contributed by atoms with E-state index in [9.17, 15) is 8.42 Å². The molecule has 0 unspecified atom stereocenters. The van der Waals surface area contributed by atoms with Crippen LogP contribution >= 0.6 is 11.6 Å². The van der Waals surface area contributed by atoms with E-state index in [1.54, 1.807) is 0 Å². The molecule has 1 fully saturated rings. The van der Waals surface area contributed by atoms with Gasteiger partial charge in [-0.1, -0.05) is 18.5 Å². The average molecular weight is 320 g/mol. The fourth-order valence-electron chi connectivity index (χ4n) is 1.96. The average Bonchev–Trinajstić information content (AvgIpc) is 2.46. The van der Waals surface area contributed by atoms with E-state index in [2.05, 4.69) is 10.3 Å². The lowest BCUT2D eigenvalue weighted by Gasteiger charge is -2.27. The van der Waals surface area contributed by atoms with E-state index in [0.29, 0.717) is 32.8 Å². The second-order valence-corrected chi connectivity index (χ2v) is 6.76. The van der Waals surface area contributed by atoms with Gasteiger partial charge in [-0.3, -0.25) is 4.98 Å². The molecule has 0 saturated carbocycles.